The molecule has 35 heavy (non-hydrogen) atoms. The van der Waals surface area contributed by atoms with Gasteiger partial charge in [-0.25, -0.2) is 9.78 Å². The summed E-state index contributed by atoms with van der Waals surface area (Å²) in [4.78, 5) is 45.3. The van der Waals surface area contributed by atoms with Gasteiger partial charge in [-0.15, -0.1) is 0 Å². The first kappa shape index (κ1) is 22.6. The van der Waals surface area contributed by atoms with Crippen molar-refractivity contribution in [2.24, 2.45) is 0 Å². The zero-order valence-corrected chi connectivity index (χ0v) is 19.4. The largest absolute Gasteiger partial charge is 0.489 e. The molecule has 1 saturated carbocycles. The fraction of sp³-hybridized carbons (Fsp3) is 0.259. The van der Waals surface area contributed by atoms with Gasteiger partial charge in [-0.1, -0.05) is 48.5 Å². The highest BCUT2D eigenvalue weighted by atomic mass is 16.5. The SMILES string of the molecule is CCn1c(=O)[nH]c(=O)c2c(C(=O)NCc3ccccc3OCc3ccccc3)cc(C3CC3)nc21. The van der Waals surface area contributed by atoms with Gasteiger partial charge >= 0.3 is 5.69 Å². The monoisotopic (exact) mass is 470 g/mol. The van der Waals surface area contributed by atoms with Crippen LogP contribution < -0.4 is 21.3 Å². The number of nitrogens with zero attached hydrogens (tertiary/aromatic N) is 2. The molecule has 2 aromatic carbocycles. The highest BCUT2D eigenvalue weighted by Gasteiger charge is 2.28. The number of benzene rings is 2. The smallest absolute Gasteiger partial charge is 0.329 e. The van der Waals surface area contributed by atoms with Crippen molar-refractivity contribution < 1.29 is 9.53 Å². The number of carbonyl (C=O) groups is 1. The summed E-state index contributed by atoms with van der Waals surface area (Å²) in [6.07, 6.45) is 1.95. The number of fused-ring (bicyclic) bond motifs is 1. The van der Waals surface area contributed by atoms with Crippen LogP contribution in [-0.4, -0.2) is 20.4 Å². The van der Waals surface area contributed by atoms with Gasteiger partial charge in [-0.05, 0) is 37.5 Å². The number of aromatic nitrogens is 3. The molecule has 0 bridgehead atoms. The molecule has 0 atom stereocenters. The van der Waals surface area contributed by atoms with Crippen molar-refractivity contribution >= 4 is 16.9 Å². The van der Waals surface area contributed by atoms with Crippen molar-refractivity contribution in [2.75, 3.05) is 0 Å². The third-order valence-corrected chi connectivity index (χ3v) is 6.17. The fourth-order valence-corrected chi connectivity index (χ4v) is 4.15. The van der Waals surface area contributed by atoms with E-state index in [-0.39, 0.29) is 29.1 Å². The molecule has 8 heteroatoms. The summed E-state index contributed by atoms with van der Waals surface area (Å²) in [5.41, 5.74) is 1.94. The summed E-state index contributed by atoms with van der Waals surface area (Å²) in [6, 6.07) is 19.1. The normalized spacial score (nSPS) is 13.1. The molecule has 1 fully saturated rings. The number of aromatic amines is 1. The summed E-state index contributed by atoms with van der Waals surface area (Å²) in [7, 11) is 0. The van der Waals surface area contributed by atoms with Crippen LogP contribution in [-0.2, 0) is 19.7 Å². The van der Waals surface area contributed by atoms with Crippen LogP contribution in [0.4, 0.5) is 0 Å². The summed E-state index contributed by atoms with van der Waals surface area (Å²) in [6.45, 7) is 2.77. The Morgan fingerprint density at radius 1 is 1.11 bits per heavy atom. The number of nitrogens with one attached hydrogen (secondary N) is 2. The quantitative estimate of drug-likeness (QED) is 0.410. The second-order valence-electron chi connectivity index (χ2n) is 8.64. The maximum absolute atomic E-state index is 13.3. The number of ether oxygens (including phenoxy) is 1. The molecule has 2 N–H and O–H groups in total. The molecule has 1 amide bonds. The average Bonchev–Trinajstić information content (AvgIpc) is 3.72. The number of para-hydroxylation sites is 1. The van der Waals surface area contributed by atoms with Crippen molar-refractivity contribution in [2.45, 2.75) is 45.4 Å². The maximum Gasteiger partial charge on any atom is 0.329 e. The highest BCUT2D eigenvalue weighted by molar-refractivity contribution is 6.05. The zero-order valence-electron chi connectivity index (χ0n) is 19.4. The molecule has 8 nitrogen and oxygen atoms in total. The summed E-state index contributed by atoms with van der Waals surface area (Å²) in [5.74, 6) is 0.523. The van der Waals surface area contributed by atoms with Crippen LogP contribution in [0.2, 0.25) is 0 Å². The number of hydrogen-bond acceptors (Lipinski definition) is 5. The molecule has 4 aromatic rings. The summed E-state index contributed by atoms with van der Waals surface area (Å²) < 4.78 is 7.39. The standard InChI is InChI=1S/C27H26N4O4/c1-2-31-24-23(26(33)30-27(31)34)20(14-21(29-24)18-12-13-18)25(32)28-15-19-10-6-7-11-22(19)35-16-17-8-4-3-5-9-17/h3-11,14,18H,2,12-13,15-16H2,1H3,(H,28,32)(H,30,33,34). The predicted molar refractivity (Wildman–Crippen MR) is 133 cm³/mol. The van der Waals surface area contributed by atoms with Crippen LogP contribution in [0.5, 0.6) is 5.75 Å². The van der Waals surface area contributed by atoms with E-state index in [4.69, 9.17) is 4.74 Å². The van der Waals surface area contributed by atoms with E-state index >= 15 is 0 Å². The van der Waals surface area contributed by atoms with Gasteiger partial charge in [0, 0.05) is 30.3 Å². The van der Waals surface area contributed by atoms with Crippen LogP contribution >= 0.6 is 0 Å². The lowest BCUT2D eigenvalue weighted by molar-refractivity contribution is 0.0952. The third kappa shape index (κ3) is 4.73. The Morgan fingerprint density at radius 3 is 2.60 bits per heavy atom. The number of pyridine rings is 1. The molecular weight excluding hydrogens is 444 g/mol. The van der Waals surface area contributed by atoms with Gasteiger partial charge in [0.15, 0.2) is 5.65 Å². The molecule has 0 spiro atoms. The van der Waals surface area contributed by atoms with E-state index in [0.29, 0.717) is 18.9 Å². The molecule has 0 radical (unpaired) electrons. The Bertz CT molecular complexity index is 1500. The molecule has 1 aliphatic rings. The van der Waals surface area contributed by atoms with Gasteiger partial charge in [-0.3, -0.25) is 19.1 Å². The zero-order chi connectivity index (χ0) is 24.4. The number of amides is 1. The Kier molecular flexibility index (Phi) is 6.18. The fourth-order valence-electron chi connectivity index (χ4n) is 4.15. The number of hydrogen-bond donors (Lipinski definition) is 2. The number of carbonyl (C=O) groups excluding carboxylic acids is 1. The first-order valence-corrected chi connectivity index (χ1v) is 11.8. The lowest BCUT2D eigenvalue weighted by Crippen LogP contribution is -2.33. The molecule has 178 valence electrons. The van der Waals surface area contributed by atoms with Crippen LogP contribution in [0.1, 0.15) is 52.9 Å². The molecule has 1 aliphatic carbocycles. The lowest BCUT2D eigenvalue weighted by Gasteiger charge is -2.14. The lowest BCUT2D eigenvalue weighted by atomic mass is 10.1. The van der Waals surface area contributed by atoms with Crippen LogP contribution in [0.25, 0.3) is 11.0 Å². The van der Waals surface area contributed by atoms with E-state index in [1.165, 1.54) is 4.57 Å². The number of H-pyrrole nitrogens is 1. The predicted octanol–water partition coefficient (Wildman–Crippen LogP) is 3.49. The Balaban J connectivity index is 1.43. The van der Waals surface area contributed by atoms with Gasteiger partial charge in [0.05, 0.1) is 10.9 Å². The Morgan fingerprint density at radius 2 is 1.86 bits per heavy atom. The summed E-state index contributed by atoms with van der Waals surface area (Å²) >= 11 is 0. The van der Waals surface area contributed by atoms with Crippen LogP contribution in [0.15, 0.2) is 70.3 Å². The van der Waals surface area contributed by atoms with Crippen molar-refractivity contribution in [3.05, 3.63) is 104 Å². The number of rotatable bonds is 8. The highest BCUT2D eigenvalue weighted by Crippen LogP contribution is 2.39. The first-order valence-electron chi connectivity index (χ1n) is 11.8. The average molecular weight is 471 g/mol. The third-order valence-electron chi connectivity index (χ3n) is 6.17. The van der Waals surface area contributed by atoms with E-state index in [1.807, 2.05) is 54.6 Å². The molecular formula is C27H26N4O4. The van der Waals surface area contributed by atoms with E-state index in [0.717, 1.165) is 29.7 Å². The minimum absolute atomic E-state index is 0.127. The minimum Gasteiger partial charge on any atom is -0.489 e. The van der Waals surface area contributed by atoms with Crippen molar-refractivity contribution in [1.82, 2.24) is 19.9 Å². The molecule has 0 unspecified atom stereocenters. The van der Waals surface area contributed by atoms with Crippen LogP contribution in [0.3, 0.4) is 0 Å². The second-order valence-corrected chi connectivity index (χ2v) is 8.64. The second kappa shape index (κ2) is 9.58. The van der Waals surface area contributed by atoms with Gasteiger partial charge in [-0.2, -0.15) is 0 Å². The van der Waals surface area contributed by atoms with Crippen molar-refractivity contribution in [3.8, 4) is 5.75 Å². The topological polar surface area (TPSA) is 106 Å². The minimum atomic E-state index is -0.610. The van der Waals surface area contributed by atoms with E-state index < -0.39 is 17.2 Å². The maximum atomic E-state index is 13.3. The molecule has 0 aliphatic heterocycles. The number of aryl methyl sites for hydroxylation is 1. The Hall–Kier alpha value is -4.20. The van der Waals surface area contributed by atoms with E-state index in [2.05, 4.69) is 15.3 Å². The molecule has 0 saturated heterocycles. The molecule has 2 heterocycles. The van der Waals surface area contributed by atoms with Gasteiger partial charge in [0.2, 0.25) is 0 Å². The van der Waals surface area contributed by atoms with E-state index in [1.54, 1.807) is 13.0 Å². The van der Waals surface area contributed by atoms with Crippen molar-refractivity contribution in [3.63, 3.8) is 0 Å². The Labute approximate surface area is 201 Å². The van der Waals surface area contributed by atoms with Crippen molar-refractivity contribution in [1.29, 1.82) is 0 Å². The van der Waals surface area contributed by atoms with Gasteiger partial charge in [0.1, 0.15) is 12.4 Å². The van der Waals surface area contributed by atoms with Gasteiger partial charge < -0.3 is 10.1 Å². The molecule has 2 aromatic heterocycles. The van der Waals surface area contributed by atoms with Crippen LogP contribution in [0, 0.1) is 0 Å². The first-order chi connectivity index (χ1) is 17.0. The van der Waals surface area contributed by atoms with E-state index in [9.17, 15) is 14.4 Å². The molecule has 5 rings (SSSR count). The van der Waals surface area contributed by atoms with Gasteiger partial charge in [0.25, 0.3) is 11.5 Å². The summed E-state index contributed by atoms with van der Waals surface area (Å²) in [5, 5.41) is 3.05.